The summed E-state index contributed by atoms with van der Waals surface area (Å²) >= 11 is 0. The number of para-hydroxylation sites is 1. The minimum absolute atomic E-state index is 0.489. The molecule has 0 bridgehead atoms. The summed E-state index contributed by atoms with van der Waals surface area (Å²) in [6.45, 7) is 17.4. The van der Waals surface area contributed by atoms with Crippen LogP contribution in [0.4, 0.5) is 0 Å². The highest BCUT2D eigenvalue weighted by Crippen LogP contribution is 2.18. The number of benzene rings is 1. The van der Waals surface area contributed by atoms with E-state index in [4.69, 9.17) is 9.73 Å². The van der Waals surface area contributed by atoms with Gasteiger partial charge in [0.25, 0.3) is 0 Å². The predicted molar refractivity (Wildman–Crippen MR) is 114 cm³/mol. The number of piperazine rings is 1. The van der Waals surface area contributed by atoms with E-state index in [2.05, 4.69) is 47.3 Å². The first kappa shape index (κ1) is 21.5. The molecule has 1 aliphatic rings. The monoisotopic (exact) mass is 375 g/mol. The molecule has 1 aliphatic heterocycles. The normalized spacial score (nSPS) is 17.6. The van der Waals surface area contributed by atoms with Crippen molar-refractivity contribution >= 4 is 5.96 Å². The second kappa shape index (κ2) is 11.8. The average molecular weight is 376 g/mol. The van der Waals surface area contributed by atoms with Gasteiger partial charge < -0.3 is 20.3 Å². The van der Waals surface area contributed by atoms with Crippen molar-refractivity contribution in [3.05, 3.63) is 29.8 Å². The predicted octanol–water partition coefficient (Wildman–Crippen LogP) is 2.17. The second-order valence-electron chi connectivity index (χ2n) is 6.94. The van der Waals surface area contributed by atoms with E-state index in [1.165, 1.54) is 13.1 Å². The molecule has 1 heterocycles. The highest BCUT2D eigenvalue weighted by atomic mass is 16.5. The summed E-state index contributed by atoms with van der Waals surface area (Å²) in [6.07, 6.45) is 0. The van der Waals surface area contributed by atoms with E-state index < -0.39 is 0 Å². The van der Waals surface area contributed by atoms with Crippen molar-refractivity contribution in [2.45, 2.75) is 40.3 Å². The van der Waals surface area contributed by atoms with Gasteiger partial charge >= 0.3 is 0 Å². The van der Waals surface area contributed by atoms with Gasteiger partial charge in [-0.2, -0.15) is 0 Å². The van der Waals surface area contributed by atoms with E-state index in [0.717, 1.165) is 50.0 Å². The number of aliphatic imine (C=N–C) groups is 1. The Bertz CT molecular complexity index is 569. The molecule has 2 rings (SSSR count). The zero-order valence-electron chi connectivity index (χ0n) is 17.5. The van der Waals surface area contributed by atoms with Crippen molar-refractivity contribution in [3.63, 3.8) is 0 Å². The van der Waals surface area contributed by atoms with Crippen LogP contribution in [0.3, 0.4) is 0 Å². The molecular formula is C21H37N5O. The fourth-order valence-corrected chi connectivity index (χ4v) is 3.33. The maximum atomic E-state index is 5.70. The lowest BCUT2D eigenvalue weighted by Gasteiger charge is -2.37. The number of likely N-dealkylation sites (N-methyl/N-ethyl adjacent to an activating group) is 1. The molecule has 0 amide bonds. The van der Waals surface area contributed by atoms with Crippen LogP contribution in [-0.2, 0) is 6.54 Å². The summed E-state index contributed by atoms with van der Waals surface area (Å²) in [7, 11) is 0. The molecule has 6 nitrogen and oxygen atoms in total. The van der Waals surface area contributed by atoms with E-state index in [1.807, 2.05) is 25.1 Å². The summed E-state index contributed by atoms with van der Waals surface area (Å²) in [6, 6.07) is 8.61. The van der Waals surface area contributed by atoms with Crippen LogP contribution >= 0.6 is 0 Å². The Morgan fingerprint density at radius 2 is 1.85 bits per heavy atom. The van der Waals surface area contributed by atoms with Crippen LogP contribution in [-0.4, -0.2) is 74.2 Å². The minimum Gasteiger partial charge on any atom is -0.494 e. The summed E-state index contributed by atoms with van der Waals surface area (Å²) in [5.74, 6) is 1.78. The second-order valence-corrected chi connectivity index (χ2v) is 6.94. The Hall–Kier alpha value is -1.79. The third-order valence-electron chi connectivity index (χ3n) is 5.07. The molecule has 0 radical (unpaired) electrons. The Morgan fingerprint density at radius 3 is 2.52 bits per heavy atom. The van der Waals surface area contributed by atoms with Gasteiger partial charge in [0.1, 0.15) is 5.75 Å². The lowest BCUT2D eigenvalue weighted by atomic mass is 10.2. The Labute approximate surface area is 165 Å². The fraction of sp³-hybridized carbons (Fsp3) is 0.667. The highest BCUT2D eigenvalue weighted by Gasteiger charge is 2.20. The number of hydrogen-bond donors (Lipinski definition) is 2. The Morgan fingerprint density at radius 1 is 1.11 bits per heavy atom. The molecule has 0 saturated carbocycles. The van der Waals surface area contributed by atoms with Gasteiger partial charge in [-0.25, -0.2) is 4.99 Å². The zero-order chi connectivity index (χ0) is 19.5. The van der Waals surface area contributed by atoms with Gasteiger partial charge in [0, 0.05) is 50.9 Å². The van der Waals surface area contributed by atoms with Gasteiger partial charge in [-0.3, -0.25) is 4.90 Å². The fourth-order valence-electron chi connectivity index (χ4n) is 3.33. The molecule has 0 aliphatic carbocycles. The smallest absolute Gasteiger partial charge is 0.191 e. The molecule has 1 aromatic carbocycles. The maximum Gasteiger partial charge on any atom is 0.191 e. The van der Waals surface area contributed by atoms with E-state index in [9.17, 15) is 0 Å². The highest BCUT2D eigenvalue weighted by molar-refractivity contribution is 5.79. The van der Waals surface area contributed by atoms with Crippen molar-refractivity contribution in [3.8, 4) is 5.75 Å². The summed E-state index contributed by atoms with van der Waals surface area (Å²) in [5.41, 5.74) is 1.11. The Balaban J connectivity index is 1.88. The topological polar surface area (TPSA) is 52.1 Å². The molecule has 1 atom stereocenters. The van der Waals surface area contributed by atoms with Crippen LogP contribution < -0.4 is 15.4 Å². The molecule has 1 unspecified atom stereocenters. The lowest BCUT2D eigenvalue weighted by Crippen LogP contribution is -2.53. The maximum absolute atomic E-state index is 5.70. The van der Waals surface area contributed by atoms with Gasteiger partial charge in [0.2, 0.25) is 0 Å². The van der Waals surface area contributed by atoms with Crippen molar-refractivity contribution in [2.24, 2.45) is 4.99 Å². The van der Waals surface area contributed by atoms with Gasteiger partial charge in [0.05, 0.1) is 13.2 Å². The largest absolute Gasteiger partial charge is 0.494 e. The van der Waals surface area contributed by atoms with Crippen molar-refractivity contribution in [1.29, 1.82) is 0 Å². The lowest BCUT2D eigenvalue weighted by molar-refractivity contribution is 0.107. The molecule has 152 valence electrons. The SMILES string of the molecule is CCNC(=NCc1ccccc1OCC)NCC(C)N1CCN(CC)CC1. The molecule has 0 spiro atoms. The van der Waals surface area contributed by atoms with Crippen LogP contribution in [0.1, 0.15) is 33.3 Å². The summed E-state index contributed by atoms with van der Waals surface area (Å²) in [4.78, 5) is 9.83. The van der Waals surface area contributed by atoms with Gasteiger partial charge in [0.15, 0.2) is 5.96 Å². The third kappa shape index (κ3) is 7.03. The molecule has 2 N–H and O–H groups in total. The Kier molecular flexibility index (Phi) is 9.42. The van der Waals surface area contributed by atoms with Crippen LogP contribution in [0.2, 0.25) is 0 Å². The number of guanidine groups is 1. The number of nitrogens with one attached hydrogen (secondary N) is 2. The van der Waals surface area contributed by atoms with E-state index >= 15 is 0 Å². The van der Waals surface area contributed by atoms with Gasteiger partial charge in [-0.1, -0.05) is 25.1 Å². The van der Waals surface area contributed by atoms with E-state index in [1.54, 1.807) is 0 Å². The molecule has 0 aromatic heterocycles. The van der Waals surface area contributed by atoms with Crippen LogP contribution in [0.15, 0.2) is 29.3 Å². The zero-order valence-corrected chi connectivity index (χ0v) is 17.5. The molecule has 1 fully saturated rings. The first-order valence-corrected chi connectivity index (χ1v) is 10.4. The van der Waals surface area contributed by atoms with Gasteiger partial charge in [-0.05, 0) is 33.4 Å². The molecular weight excluding hydrogens is 338 g/mol. The van der Waals surface area contributed by atoms with Crippen molar-refractivity contribution in [2.75, 3.05) is 52.4 Å². The van der Waals surface area contributed by atoms with E-state index in [-0.39, 0.29) is 0 Å². The number of nitrogens with zero attached hydrogens (tertiary/aromatic N) is 3. The van der Waals surface area contributed by atoms with Crippen molar-refractivity contribution < 1.29 is 4.74 Å². The third-order valence-corrected chi connectivity index (χ3v) is 5.07. The number of ether oxygens (including phenoxy) is 1. The first-order chi connectivity index (χ1) is 13.2. The molecule has 1 aromatic rings. The summed E-state index contributed by atoms with van der Waals surface area (Å²) < 4.78 is 5.70. The average Bonchev–Trinajstić information content (AvgIpc) is 2.71. The van der Waals surface area contributed by atoms with Gasteiger partial charge in [-0.15, -0.1) is 0 Å². The molecule has 27 heavy (non-hydrogen) atoms. The van der Waals surface area contributed by atoms with Crippen LogP contribution in [0.5, 0.6) is 5.75 Å². The molecule has 6 heteroatoms. The quantitative estimate of drug-likeness (QED) is 0.512. The van der Waals surface area contributed by atoms with Crippen molar-refractivity contribution in [1.82, 2.24) is 20.4 Å². The van der Waals surface area contributed by atoms with Crippen LogP contribution in [0, 0.1) is 0 Å². The standard InChI is InChI=1S/C21H37N5O/c1-5-22-21(24-17-19-10-8-9-11-20(19)27-7-3)23-16-18(4)26-14-12-25(6-2)13-15-26/h8-11,18H,5-7,12-17H2,1-4H3,(H2,22,23,24). The molecule has 1 saturated heterocycles. The number of rotatable bonds is 9. The van der Waals surface area contributed by atoms with Crippen LogP contribution in [0.25, 0.3) is 0 Å². The first-order valence-electron chi connectivity index (χ1n) is 10.4. The summed E-state index contributed by atoms with van der Waals surface area (Å²) in [5, 5.41) is 6.86. The minimum atomic E-state index is 0.489. The number of hydrogen-bond acceptors (Lipinski definition) is 4. The van der Waals surface area contributed by atoms with E-state index in [0.29, 0.717) is 19.2 Å².